The number of ether oxygens (including phenoxy) is 2. The molecule has 0 spiro atoms. The Morgan fingerprint density at radius 2 is 1.71 bits per heavy atom. The van der Waals surface area contributed by atoms with Crippen molar-refractivity contribution in [3.05, 3.63) is 29.8 Å². The molecule has 9 heteroatoms. The zero-order valence-electron chi connectivity index (χ0n) is 13.5. The van der Waals surface area contributed by atoms with Gasteiger partial charge in [0.2, 0.25) is 5.91 Å². The molecule has 2 unspecified atom stereocenters. The number of hydrogen-bond acceptors (Lipinski definition) is 6. The van der Waals surface area contributed by atoms with Gasteiger partial charge in [-0.25, -0.2) is 9.59 Å². The van der Waals surface area contributed by atoms with Crippen LogP contribution in [0.4, 0.5) is 10.5 Å². The van der Waals surface area contributed by atoms with E-state index < -0.39 is 36.0 Å². The van der Waals surface area contributed by atoms with Crippen molar-refractivity contribution in [1.29, 1.82) is 0 Å². The van der Waals surface area contributed by atoms with Crippen molar-refractivity contribution in [1.82, 2.24) is 5.32 Å². The zero-order chi connectivity index (χ0) is 18.3. The molecular weight excluding hydrogens is 318 g/mol. The third kappa shape index (κ3) is 5.59. The van der Waals surface area contributed by atoms with Gasteiger partial charge in [-0.1, -0.05) is 0 Å². The van der Waals surface area contributed by atoms with Crippen LogP contribution in [0.5, 0.6) is 0 Å². The molecule has 0 aliphatic rings. The zero-order valence-corrected chi connectivity index (χ0v) is 13.5. The molecule has 2 atom stereocenters. The molecule has 0 radical (unpaired) electrons. The van der Waals surface area contributed by atoms with Gasteiger partial charge in [0.05, 0.1) is 7.11 Å². The highest BCUT2D eigenvalue weighted by atomic mass is 16.6. The summed E-state index contributed by atoms with van der Waals surface area (Å²) < 4.78 is 9.48. The number of amides is 3. The maximum Gasteiger partial charge on any atom is 0.332 e. The van der Waals surface area contributed by atoms with Gasteiger partial charge in [-0.2, -0.15) is 0 Å². The van der Waals surface area contributed by atoms with Crippen LogP contribution in [0.1, 0.15) is 24.2 Å². The smallest absolute Gasteiger partial charge is 0.332 e. The number of primary amides is 1. The Kier molecular flexibility index (Phi) is 6.72. The molecule has 9 nitrogen and oxygen atoms in total. The molecule has 130 valence electrons. The molecule has 3 amide bonds. The lowest BCUT2D eigenvalue weighted by Gasteiger charge is -2.22. The number of nitrogens with one attached hydrogen (secondary N) is 2. The van der Waals surface area contributed by atoms with Crippen LogP contribution in [-0.2, 0) is 19.1 Å². The Morgan fingerprint density at radius 3 is 2.17 bits per heavy atom. The summed E-state index contributed by atoms with van der Waals surface area (Å²) in [7, 11) is 1.15. The van der Waals surface area contributed by atoms with Gasteiger partial charge in [0.1, 0.15) is 6.10 Å². The fourth-order valence-corrected chi connectivity index (χ4v) is 1.85. The summed E-state index contributed by atoms with van der Waals surface area (Å²) in [4.78, 5) is 45.7. The van der Waals surface area contributed by atoms with E-state index in [9.17, 15) is 19.2 Å². The highest BCUT2D eigenvalue weighted by Gasteiger charge is 2.30. The van der Waals surface area contributed by atoms with Crippen molar-refractivity contribution in [3.8, 4) is 0 Å². The van der Waals surface area contributed by atoms with Crippen molar-refractivity contribution < 1.29 is 28.7 Å². The predicted octanol–water partition coefficient (Wildman–Crippen LogP) is 0.400. The van der Waals surface area contributed by atoms with Gasteiger partial charge < -0.3 is 25.8 Å². The summed E-state index contributed by atoms with van der Waals surface area (Å²) in [6, 6.07) is 3.94. The SMILES string of the molecule is COC(=O)C(NC(=O)Nc1ccc(C(N)=O)cc1)C(C)OC(C)=O. The predicted molar refractivity (Wildman–Crippen MR) is 84.1 cm³/mol. The number of urea groups is 1. The van der Waals surface area contributed by atoms with Crippen LogP contribution in [0, 0.1) is 0 Å². The summed E-state index contributed by atoms with van der Waals surface area (Å²) >= 11 is 0. The molecule has 0 fully saturated rings. The van der Waals surface area contributed by atoms with E-state index in [4.69, 9.17) is 10.5 Å². The molecular formula is C15H19N3O6. The minimum absolute atomic E-state index is 0.289. The fraction of sp³-hybridized carbons (Fsp3) is 0.333. The van der Waals surface area contributed by atoms with Crippen molar-refractivity contribution in [2.75, 3.05) is 12.4 Å². The van der Waals surface area contributed by atoms with Gasteiger partial charge in [0.25, 0.3) is 0 Å². The fourth-order valence-electron chi connectivity index (χ4n) is 1.85. The lowest BCUT2D eigenvalue weighted by Crippen LogP contribution is -2.50. The minimum Gasteiger partial charge on any atom is -0.467 e. The number of esters is 2. The summed E-state index contributed by atoms with van der Waals surface area (Å²) in [6.07, 6.45) is -0.919. The quantitative estimate of drug-likeness (QED) is 0.643. The normalized spacial score (nSPS) is 12.5. The van der Waals surface area contributed by atoms with E-state index in [-0.39, 0.29) is 5.56 Å². The largest absolute Gasteiger partial charge is 0.467 e. The molecule has 1 rings (SSSR count). The highest BCUT2D eigenvalue weighted by Crippen LogP contribution is 2.09. The average molecular weight is 337 g/mol. The maximum atomic E-state index is 12.0. The minimum atomic E-state index is -1.18. The standard InChI is InChI=1S/C15H19N3O6/c1-8(24-9(2)19)12(14(21)23-3)18-15(22)17-11-6-4-10(5-7-11)13(16)20/h4-8,12H,1-3H3,(H2,16,20)(H2,17,18,22). The van der Waals surface area contributed by atoms with Gasteiger partial charge in [0, 0.05) is 18.2 Å². The molecule has 0 aromatic heterocycles. The van der Waals surface area contributed by atoms with Crippen LogP contribution in [0.15, 0.2) is 24.3 Å². The number of carbonyl (C=O) groups is 4. The van der Waals surface area contributed by atoms with E-state index in [1.807, 2.05) is 0 Å². The number of hydrogen-bond donors (Lipinski definition) is 3. The number of carbonyl (C=O) groups excluding carboxylic acids is 4. The van der Waals surface area contributed by atoms with E-state index >= 15 is 0 Å². The molecule has 0 saturated carbocycles. The lowest BCUT2D eigenvalue weighted by molar-refractivity contribution is -0.154. The van der Waals surface area contributed by atoms with Gasteiger partial charge in [0.15, 0.2) is 6.04 Å². The molecule has 1 aromatic rings. The number of benzene rings is 1. The topological polar surface area (TPSA) is 137 Å². The van der Waals surface area contributed by atoms with Crippen molar-refractivity contribution in [3.63, 3.8) is 0 Å². The second-order valence-corrected chi connectivity index (χ2v) is 4.86. The molecule has 0 aliphatic heterocycles. The highest BCUT2D eigenvalue weighted by molar-refractivity contribution is 5.95. The molecule has 0 bridgehead atoms. The first-order valence-electron chi connectivity index (χ1n) is 6.97. The molecule has 1 aromatic carbocycles. The van der Waals surface area contributed by atoms with Crippen LogP contribution in [0.3, 0.4) is 0 Å². The van der Waals surface area contributed by atoms with E-state index in [2.05, 4.69) is 15.4 Å². The van der Waals surface area contributed by atoms with Gasteiger partial charge in [-0.15, -0.1) is 0 Å². The van der Waals surface area contributed by atoms with Crippen LogP contribution in [-0.4, -0.2) is 43.1 Å². The third-order valence-corrected chi connectivity index (χ3v) is 2.99. The molecule has 24 heavy (non-hydrogen) atoms. The number of anilines is 1. The lowest BCUT2D eigenvalue weighted by atomic mass is 10.2. The first kappa shape index (κ1) is 18.9. The van der Waals surface area contributed by atoms with Crippen molar-refractivity contribution >= 4 is 29.6 Å². The number of nitrogens with two attached hydrogens (primary N) is 1. The van der Waals surface area contributed by atoms with Crippen molar-refractivity contribution in [2.45, 2.75) is 26.0 Å². The van der Waals surface area contributed by atoms with E-state index in [1.54, 1.807) is 0 Å². The van der Waals surface area contributed by atoms with Crippen LogP contribution in [0.2, 0.25) is 0 Å². The molecule has 4 N–H and O–H groups in total. The van der Waals surface area contributed by atoms with Crippen LogP contribution < -0.4 is 16.4 Å². The first-order valence-corrected chi connectivity index (χ1v) is 6.97. The molecule has 0 heterocycles. The monoisotopic (exact) mass is 337 g/mol. The van der Waals surface area contributed by atoms with Crippen LogP contribution in [0.25, 0.3) is 0 Å². The first-order chi connectivity index (χ1) is 11.2. The second kappa shape index (κ2) is 8.51. The number of rotatable bonds is 6. The maximum absolute atomic E-state index is 12.0. The Labute approximate surface area is 138 Å². The van der Waals surface area contributed by atoms with Gasteiger partial charge >= 0.3 is 18.0 Å². The van der Waals surface area contributed by atoms with E-state index in [0.29, 0.717) is 5.69 Å². The van der Waals surface area contributed by atoms with Crippen molar-refractivity contribution in [2.24, 2.45) is 5.73 Å². The summed E-state index contributed by atoms with van der Waals surface area (Å²) in [5, 5.41) is 4.84. The third-order valence-electron chi connectivity index (χ3n) is 2.99. The summed E-state index contributed by atoms with van der Waals surface area (Å²) in [5.41, 5.74) is 5.79. The Morgan fingerprint density at radius 1 is 1.12 bits per heavy atom. The van der Waals surface area contributed by atoms with Gasteiger partial charge in [-0.3, -0.25) is 9.59 Å². The van der Waals surface area contributed by atoms with E-state index in [1.165, 1.54) is 38.1 Å². The van der Waals surface area contributed by atoms with Gasteiger partial charge in [-0.05, 0) is 31.2 Å². The Balaban J connectivity index is 2.75. The van der Waals surface area contributed by atoms with Crippen LogP contribution >= 0.6 is 0 Å². The second-order valence-electron chi connectivity index (χ2n) is 4.86. The van der Waals surface area contributed by atoms with E-state index in [0.717, 1.165) is 7.11 Å². The molecule has 0 saturated heterocycles. The average Bonchev–Trinajstić information content (AvgIpc) is 2.51. The molecule has 0 aliphatic carbocycles. The Bertz CT molecular complexity index is 629. The summed E-state index contributed by atoms with van der Waals surface area (Å²) in [5.74, 6) is -1.95. The Hall–Kier alpha value is -3.10. The number of methoxy groups -OCH3 is 1. The summed E-state index contributed by atoms with van der Waals surface area (Å²) in [6.45, 7) is 2.64.